The minimum atomic E-state index is -0.762. The molecule has 5 N–H and O–H groups in total. The number of hydrogen-bond donors (Lipinski definition) is 3. The lowest BCUT2D eigenvalue weighted by molar-refractivity contribution is -0.117. The Bertz CT molecular complexity index is 988. The van der Waals surface area contributed by atoms with Crippen molar-refractivity contribution in [2.45, 2.75) is 13.5 Å². The van der Waals surface area contributed by atoms with E-state index in [0.29, 0.717) is 11.9 Å². The Hall–Kier alpha value is -2.44. The molecule has 0 spiro atoms. The van der Waals surface area contributed by atoms with E-state index < -0.39 is 11.7 Å². The van der Waals surface area contributed by atoms with Crippen molar-refractivity contribution in [1.82, 2.24) is 5.32 Å². The second kappa shape index (κ2) is 9.66. The maximum absolute atomic E-state index is 14.9. The summed E-state index contributed by atoms with van der Waals surface area (Å²) in [6.45, 7) is 1.39. The number of hydrogen-bond acceptors (Lipinski definition) is 6. The number of nitriles is 1. The van der Waals surface area contributed by atoms with Crippen LogP contribution >= 0.6 is 35.1 Å². The summed E-state index contributed by atoms with van der Waals surface area (Å²) in [6.07, 6.45) is 0. The molecule has 2 rings (SSSR count). The second-order valence-corrected chi connectivity index (χ2v) is 7.04. The van der Waals surface area contributed by atoms with Gasteiger partial charge < -0.3 is 15.8 Å². The topological polar surface area (TPSA) is 114 Å². The fourth-order valence-electron chi connectivity index (χ4n) is 2.19. The predicted octanol–water partition coefficient (Wildman–Crippen LogP) is 4.21. The Morgan fingerprint density at radius 1 is 1.36 bits per heavy atom. The molecule has 0 saturated carbocycles. The zero-order chi connectivity index (χ0) is 20.8. The van der Waals surface area contributed by atoms with Crippen molar-refractivity contribution in [1.29, 1.82) is 5.26 Å². The van der Waals surface area contributed by atoms with E-state index in [4.69, 9.17) is 44.1 Å². The van der Waals surface area contributed by atoms with Gasteiger partial charge in [-0.15, -0.1) is 0 Å². The van der Waals surface area contributed by atoms with Crippen molar-refractivity contribution in [3.63, 3.8) is 0 Å². The zero-order valence-electron chi connectivity index (χ0n) is 14.6. The fraction of sp³-hybridized carbons (Fsp3) is 0.111. The third-order valence-corrected chi connectivity index (χ3v) is 4.73. The summed E-state index contributed by atoms with van der Waals surface area (Å²) in [5.74, 6) is -1.40. The molecule has 0 fully saturated rings. The molecular weight excluding hydrogens is 426 g/mol. The lowest BCUT2D eigenvalue weighted by Crippen LogP contribution is -2.26. The van der Waals surface area contributed by atoms with Gasteiger partial charge in [0.25, 0.3) is 5.91 Å². The van der Waals surface area contributed by atoms with Crippen molar-refractivity contribution < 1.29 is 13.9 Å². The number of nitrogens with one attached hydrogen (secondary N) is 1. The molecule has 0 heterocycles. The molecule has 0 radical (unpaired) electrons. The van der Waals surface area contributed by atoms with Gasteiger partial charge in [0, 0.05) is 22.8 Å². The number of carbonyl (C=O) groups is 1. The largest absolute Gasteiger partial charge is 0.453 e. The molecule has 2 aromatic carbocycles. The van der Waals surface area contributed by atoms with Crippen molar-refractivity contribution in [3.8, 4) is 17.6 Å². The maximum Gasteiger partial charge on any atom is 0.261 e. The van der Waals surface area contributed by atoms with Gasteiger partial charge in [-0.25, -0.2) is 4.39 Å². The second-order valence-electron chi connectivity index (χ2n) is 5.55. The quantitative estimate of drug-likeness (QED) is 0.457. The van der Waals surface area contributed by atoms with Gasteiger partial charge in [0.2, 0.25) is 0 Å². The zero-order valence-corrected chi connectivity index (χ0v) is 16.9. The van der Waals surface area contributed by atoms with Crippen LogP contribution in [0.3, 0.4) is 0 Å². The first-order valence-electron chi connectivity index (χ1n) is 7.73. The fourth-order valence-corrected chi connectivity index (χ4v) is 2.96. The molecule has 0 aliphatic heterocycles. The highest BCUT2D eigenvalue weighted by Crippen LogP contribution is 2.35. The van der Waals surface area contributed by atoms with E-state index in [1.165, 1.54) is 37.3 Å². The maximum atomic E-state index is 14.9. The Balaban J connectivity index is 2.27. The number of amides is 1. The lowest BCUT2D eigenvalue weighted by atomic mass is 10.2. The van der Waals surface area contributed by atoms with Crippen LogP contribution in [-0.4, -0.2) is 5.91 Å². The highest BCUT2D eigenvalue weighted by Gasteiger charge is 2.17. The summed E-state index contributed by atoms with van der Waals surface area (Å²) < 4.78 is 20.4. The van der Waals surface area contributed by atoms with E-state index in [-0.39, 0.29) is 49.8 Å². The molecule has 0 unspecified atom stereocenters. The average molecular weight is 441 g/mol. The number of rotatable bonds is 6. The van der Waals surface area contributed by atoms with Crippen LogP contribution < -0.4 is 20.9 Å². The van der Waals surface area contributed by atoms with Gasteiger partial charge in [-0.2, -0.15) is 5.26 Å². The van der Waals surface area contributed by atoms with Gasteiger partial charge in [0.15, 0.2) is 11.6 Å². The van der Waals surface area contributed by atoms with Crippen LogP contribution in [0.1, 0.15) is 18.1 Å². The van der Waals surface area contributed by atoms with Crippen LogP contribution in [0.25, 0.3) is 0 Å². The Labute approximate surface area is 175 Å². The number of ether oxygens (including phenoxy) is 1. The number of nitrogens with zero attached hydrogens (tertiary/aromatic N) is 1. The first-order valence-corrected chi connectivity index (χ1v) is 9.37. The summed E-state index contributed by atoms with van der Waals surface area (Å²) in [5, 5.41) is 17.2. The van der Waals surface area contributed by atoms with E-state index in [2.05, 4.69) is 5.32 Å². The van der Waals surface area contributed by atoms with Crippen LogP contribution in [0.4, 0.5) is 4.39 Å². The van der Waals surface area contributed by atoms with Gasteiger partial charge in [0.1, 0.15) is 10.7 Å². The van der Waals surface area contributed by atoms with Crippen LogP contribution in [0.2, 0.25) is 10.0 Å². The van der Waals surface area contributed by atoms with Crippen molar-refractivity contribution in [2.75, 3.05) is 0 Å². The molecule has 2 aromatic rings. The summed E-state index contributed by atoms with van der Waals surface area (Å²) >= 11 is 12.7. The highest BCUT2D eigenvalue weighted by molar-refractivity contribution is 8.01. The normalized spacial score (nSPS) is 11.4. The van der Waals surface area contributed by atoms with Crippen molar-refractivity contribution in [3.05, 3.63) is 67.9 Å². The molecule has 0 aliphatic carbocycles. The van der Waals surface area contributed by atoms with Crippen molar-refractivity contribution in [2.24, 2.45) is 10.9 Å². The number of halogens is 3. The molecule has 0 aliphatic rings. The SMILES string of the molecule is C/C(N)=C(/SN)C(=O)NCc1ccc(Cl)c(Oc2cc(Cl)cc(C#N)c2)c1F. The summed E-state index contributed by atoms with van der Waals surface area (Å²) in [7, 11) is 0. The van der Waals surface area contributed by atoms with Gasteiger partial charge in [-0.1, -0.05) is 29.3 Å². The molecule has 0 saturated heterocycles. The molecular formula is C18H15Cl2FN4O2S. The first-order chi connectivity index (χ1) is 13.3. The minimum Gasteiger partial charge on any atom is -0.453 e. The van der Waals surface area contributed by atoms with Gasteiger partial charge in [-0.3, -0.25) is 9.93 Å². The van der Waals surface area contributed by atoms with Gasteiger partial charge >= 0.3 is 0 Å². The van der Waals surface area contributed by atoms with E-state index in [9.17, 15) is 9.18 Å². The number of carbonyl (C=O) groups excluding carboxylic acids is 1. The summed E-state index contributed by atoms with van der Waals surface area (Å²) in [5.41, 5.74) is 6.21. The first kappa shape index (κ1) is 21.9. The summed E-state index contributed by atoms with van der Waals surface area (Å²) in [6, 6.07) is 9.04. The highest BCUT2D eigenvalue weighted by atomic mass is 35.5. The lowest BCUT2D eigenvalue weighted by Gasteiger charge is -2.13. The van der Waals surface area contributed by atoms with Gasteiger partial charge in [0.05, 0.1) is 16.7 Å². The monoisotopic (exact) mass is 440 g/mol. The molecule has 0 aromatic heterocycles. The molecule has 10 heteroatoms. The van der Waals surface area contributed by atoms with Crippen LogP contribution in [0.15, 0.2) is 40.9 Å². The molecule has 0 bridgehead atoms. The number of allylic oxidation sites excluding steroid dienone is 1. The average Bonchev–Trinajstić information content (AvgIpc) is 2.64. The van der Waals surface area contributed by atoms with Gasteiger partial charge in [-0.05, 0) is 43.1 Å². The summed E-state index contributed by atoms with van der Waals surface area (Å²) in [4.78, 5) is 12.2. The van der Waals surface area contributed by atoms with Crippen LogP contribution in [-0.2, 0) is 11.3 Å². The minimum absolute atomic E-state index is 0.0157. The molecule has 28 heavy (non-hydrogen) atoms. The third-order valence-electron chi connectivity index (χ3n) is 3.47. The molecule has 6 nitrogen and oxygen atoms in total. The molecule has 1 amide bonds. The smallest absolute Gasteiger partial charge is 0.261 e. The number of benzene rings is 2. The molecule has 0 atom stereocenters. The number of nitrogens with two attached hydrogens (primary N) is 2. The van der Waals surface area contributed by atoms with E-state index in [1.807, 2.05) is 6.07 Å². The Morgan fingerprint density at radius 2 is 2.07 bits per heavy atom. The van der Waals surface area contributed by atoms with E-state index >= 15 is 0 Å². The van der Waals surface area contributed by atoms with E-state index in [0.717, 1.165) is 0 Å². The Morgan fingerprint density at radius 3 is 2.68 bits per heavy atom. The third kappa shape index (κ3) is 5.30. The van der Waals surface area contributed by atoms with Crippen LogP contribution in [0, 0.1) is 17.1 Å². The van der Waals surface area contributed by atoms with E-state index in [1.54, 1.807) is 0 Å². The predicted molar refractivity (Wildman–Crippen MR) is 108 cm³/mol. The molecule has 146 valence electrons. The standard InChI is InChI=1S/C18H15Cl2FN4O2S/c1-9(23)17(28-24)18(26)25-8-11-2-3-14(20)16(15(11)21)27-13-5-10(7-22)4-12(19)6-13/h2-6H,8,23-24H2,1H3,(H,25,26)/b17-9-. The van der Waals surface area contributed by atoms with Crippen LogP contribution in [0.5, 0.6) is 11.5 Å². The Kier molecular flexibility index (Phi) is 7.54. The van der Waals surface area contributed by atoms with Crippen molar-refractivity contribution >= 4 is 41.1 Å².